The van der Waals surface area contributed by atoms with Crippen molar-refractivity contribution in [1.82, 2.24) is 0 Å². The number of rotatable bonds is 6. The average molecular weight is 352 g/mol. The predicted octanol–water partition coefficient (Wildman–Crippen LogP) is 2.49. The molecular weight excluding hydrogens is 336 g/mol. The molecule has 0 aromatic heterocycles. The van der Waals surface area contributed by atoms with Gasteiger partial charge in [0, 0.05) is 5.69 Å². The normalized spacial score (nSPS) is 10.5. The van der Waals surface area contributed by atoms with E-state index >= 15 is 0 Å². The fourth-order valence-electron chi connectivity index (χ4n) is 1.92. The molecule has 7 heteroatoms. The monoisotopic (exact) mass is 352 g/mol. The second-order valence-electron chi connectivity index (χ2n) is 5.10. The van der Waals surface area contributed by atoms with Crippen LogP contribution in [0.2, 0.25) is 0 Å². The molecule has 0 spiro atoms. The fraction of sp³-hybridized carbons (Fsp3) is 0.105. The van der Waals surface area contributed by atoms with Gasteiger partial charge in [0.1, 0.15) is 23.1 Å². The molecule has 0 unspecified atom stereocenters. The summed E-state index contributed by atoms with van der Waals surface area (Å²) in [4.78, 5) is 23.2. The number of anilines is 1. The van der Waals surface area contributed by atoms with Gasteiger partial charge >= 0.3 is 5.97 Å². The van der Waals surface area contributed by atoms with Crippen molar-refractivity contribution >= 4 is 23.6 Å². The maximum atomic E-state index is 12.2. The standard InChI is InChI=1S/C19H16N2O5/c1-25-18(23)12-26-17-8-2-13(3-9-17)10-14(11-20)19(24)21-15-4-6-16(22)7-5-15/h2-10,22H,12H2,1H3,(H,21,24)/b14-10+. The summed E-state index contributed by atoms with van der Waals surface area (Å²) in [6, 6.07) is 14.3. The number of benzene rings is 2. The van der Waals surface area contributed by atoms with Crippen LogP contribution in [-0.4, -0.2) is 30.7 Å². The molecule has 0 saturated carbocycles. The number of carbonyl (C=O) groups is 2. The van der Waals surface area contributed by atoms with Crippen LogP contribution in [0.5, 0.6) is 11.5 Å². The number of aromatic hydroxyl groups is 1. The average Bonchev–Trinajstić information content (AvgIpc) is 2.66. The lowest BCUT2D eigenvalue weighted by molar-refractivity contribution is -0.142. The first-order valence-electron chi connectivity index (χ1n) is 7.53. The summed E-state index contributed by atoms with van der Waals surface area (Å²) in [7, 11) is 1.27. The van der Waals surface area contributed by atoms with Crippen LogP contribution in [-0.2, 0) is 14.3 Å². The Kier molecular flexibility index (Phi) is 6.34. The van der Waals surface area contributed by atoms with Gasteiger partial charge in [-0.2, -0.15) is 5.26 Å². The summed E-state index contributed by atoms with van der Waals surface area (Å²) in [5.74, 6) is -0.524. The summed E-state index contributed by atoms with van der Waals surface area (Å²) < 4.78 is 9.70. The lowest BCUT2D eigenvalue weighted by Gasteiger charge is -2.06. The Bertz CT molecular complexity index is 849. The van der Waals surface area contributed by atoms with E-state index in [-0.39, 0.29) is 17.9 Å². The first-order chi connectivity index (χ1) is 12.5. The van der Waals surface area contributed by atoms with E-state index in [1.165, 1.54) is 37.5 Å². The third-order valence-electron chi connectivity index (χ3n) is 3.27. The molecule has 2 N–H and O–H groups in total. The Balaban J connectivity index is 2.05. The van der Waals surface area contributed by atoms with Gasteiger partial charge in [-0.1, -0.05) is 12.1 Å². The van der Waals surface area contributed by atoms with Crippen LogP contribution in [0.25, 0.3) is 6.08 Å². The van der Waals surface area contributed by atoms with Crippen molar-refractivity contribution in [3.05, 3.63) is 59.7 Å². The van der Waals surface area contributed by atoms with Crippen LogP contribution in [0.3, 0.4) is 0 Å². The van der Waals surface area contributed by atoms with Gasteiger partial charge in [-0.25, -0.2) is 4.79 Å². The number of ether oxygens (including phenoxy) is 2. The first-order valence-corrected chi connectivity index (χ1v) is 7.53. The Morgan fingerprint density at radius 3 is 2.38 bits per heavy atom. The van der Waals surface area contributed by atoms with Crippen LogP contribution in [0.4, 0.5) is 5.69 Å². The molecule has 7 nitrogen and oxygen atoms in total. The smallest absolute Gasteiger partial charge is 0.343 e. The highest BCUT2D eigenvalue weighted by Crippen LogP contribution is 2.17. The minimum absolute atomic E-state index is 0.0774. The van der Waals surface area contributed by atoms with Gasteiger partial charge in [0.15, 0.2) is 6.61 Å². The zero-order valence-electron chi connectivity index (χ0n) is 13.9. The summed E-state index contributed by atoms with van der Waals surface area (Å²) in [6.07, 6.45) is 1.43. The number of amides is 1. The molecule has 0 atom stereocenters. The van der Waals surface area contributed by atoms with E-state index < -0.39 is 11.9 Å². The zero-order chi connectivity index (χ0) is 18.9. The number of phenolic OH excluding ortho intramolecular Hbond substituents is 1. The van der Waals surface area contributed by atoms with Crippen LogP contribution < -0.4 is 10.1 Å². The Hall–Kier alpha value is -3.79. The van der Waals surface area contributed by atoms with E-state index in [2.05, 4.69) is 10.1 Å². The quantitative estimate of drug-likeness (QED) is 0.358. The maximum Gasteiger partial charge on any atom is 0.343 e. The zero-order valence-corrected chi connectivity index (χ0v) is 13.9. The molecule has 132 valence electrons. The molecule has 0 heterocycles. The number of hydrogen-bond donors (Lipinski definition) is 2. The number of phenols is 1. The van der Waals surface area contributed by atoms with E-state index in [4.69, 9.17) is 4.74 Å². The molecular formula is C19H16N2O5. The van der Waals surface area contributed by atoms with E-state index in [1.54, 1.807) is 24.3 Å². The van der Waals surface area contributed by atoms with Gasteiger partial charge in [-0.3, -0.25) is 4.79 Å². The maximum absolute atomic E-state index is 12.2. The van der Waals surface area contributed by atoms with Crippen molar-refractivity contribution in [1.29, 1.82) is 5.26 Å². The van der Waals surface area contributed by atoms with Crippen LogP contribution in [0.15, 0.2) is 54.1 Å². The molecule has 26 heavy (non-hydrogen) atoms. The number of nitrogens with one attached hydrogen (secondary N) is 1. The number of nitrogens with zero attached hydrogens (tertiary/aromatic N) is 1. The lowest BCUT2D eigenvalue weighted by Crippen LogP contribution is -2.13. The van der Waals surface area contributed by atoms with Crippen LogP contribution in [0, 0.1) is 11.3 Å². The Morgan fingerprint density at radius 1 is 1.15 bits per heavy atom. The third-order valence-corrected chi connectivity index (χ3v) is 3.27. The summed E-state index contributed by atoms with van der Waals surface area (Å²) in [5.41, 5.74) is 0.995. The SMILES string of the molecule is COC(=O)COc1ccc(/C=C(\C#N)C(=O)Nc2ccc(O)cc2)cc1. The summed E-state index contributed by atoms with van der Waals surface area (Å²) >= 11 is 0. The van der Waals surface area contributed by atoms with E-state index in [1.807, 2.05) is 6.07 Å². The molecule has 2 aromatic carbocycles. The van der Waals surface area contributed by atoms with Crippen molar-refractivity contribution in [3.8, 4) is 17.6 Å². The van der Waals surface area contributed by atoms with Crippen molar-refractivity contribution in [3.63, 3.8) is 0 Å². The second-order valence-corrected chi connectivity index (χ2v) is 5.10. The van der Waals surface area contributed by atoms with Crippen molar-refractivity contribution < 1.29 is 24.2 Å². The molecule has 0 aliphatic carbocycles. The topological polar surface area (TPSA) is 109 Å². The first kappa shape index (κ1) is 18.5. The molecule has 2 rings (SSSR count). The summed E-state index contributed by atoms with van der Waals surface area (Å²) in [6.45, 7) is -0.204. The van der Waals surface area contributed by atoms with Crippen molar-refractivity contribution in [2.45, 2.75) is 0 Å². The highest BCUT2D eigenvalue weighted by atomic mass is 16.6. The molecule has 0 aliphatic rings. The number of carbonyl (C=O) groups excluding carboxylic acids is 2. The summed E-state index contributed by atoms with van der Waals surface area (Å²) in [5, 5.41) is 21.0. The van der Waals surface area contributed by atoms with Gasteiger partial charge in [0.2, 0.25) is 0 Å². The molecule has 0 radical (unpaired) electrons. The molecule has 0 saturated heterocycles. The van der Waals surface area contributed by atoms with Crippen LogP contribution in [0.1, 0.15) is 5.56 Å². The molecule has 2 aromatic rings. The molecule has 0 aliphatic heterocycles. The minimum atomic E-state index is -0.566. The highest BCUT2D eigenvalue weighted by molar-refractivity contribution is 6.09. The number of methoxy groups -OCH3 is 1. The van der Waals surface area contributed by atoms with Gasteiger partial charge in [0.25, 0.3) is 5.91 Å². The van der Waals surface area contributed by atoms with Crippen LogP contribution >= 0.6 is 0 Å². The fourth-order valence-corrected chi connectivity index (χ4v) is 1.92. The van der Waals surface area contributed by atoms with E-state index in [0.29, 0.717) is 17.0 Å². The van der Waals surface area contributed by atoms with Crippen molar-refractivity contribution in [2.75, 3.05) is 19.0 Å². The minimum Gasteiger partial charge on any atom is -0.508 e. The predicted molar refractivity (Wildman–Crippen MR) is 94.3 cm³/mol. The van der Waals surface area contributed by atoms with E-state index in [0.717, 1.165) is 0 Å². The number of esters is 1. The molecule has 0 fully saturated rings. The van der Waals surface area contributed by atoms with Crippen molar-refractivity contribution in [2.24, 2.45) is 0 Å². The Morgan fingerprint density at radius 2 is 1.81 bits per heavy atom. The Labute approximate surface area is 150 Å². The lowest BCUT2D eigenvalue weighted by atomic mass is 10.1. The van der Waals surface area contributed by atoms with Gasteiger partial charge < -0.3 is 19.9 Å². The highest BCUT2D eigenvalue weighted by Gasteiger charge is 2.10. The van der Waals surface area contributed by atoms with Gasteiger partial charge in [-0.15, -0.1) is 0 Å². The van der Waals surface area contributed by atoms with Gasteiger partial charge in [0.05, 0.1) is 7.11 Å². The van der Waals surface area contributed by atoms with E-state index in [9.17, 15) is 20.0 Å². The number of hydrogen-bond acceptors (Lipinski definition) is 6. The molecule has 1 amide bonds. The molecule has 0 bridgehead atoms. The largest absolute Gasteiger partial charge is 0.508 e. The van der Waals surface area contributed by atoms with Gasteiger partial charge in [-0.05, 0) is 48.0 Å². The third kappa shape index (κ3) is 5.39. The second kappa shape index (κ2) is 8.89. The number of nitriles is 1.